The summed E-state index contributed by atoms with van der Waals surface area (Å²) >= 11 is 1.48. The lowest BCUT2D eigenvalue weighted by molar-refractivity contribution is -0.272. The Balaban J connectivity index is 2.42. The normalized spacial score (nSPS) is 19.9. The summed E-state index contributed by atoms with van der Waals surface area (Å²) in [4.78, 5) is 13.1. The second kappa shape index (κ2) is 6.14. The molecule has 0 aromatic heterocycles. The van der Waals surface area contributed by atoms with Crippen molar-refractivity contribution in [2.75, 3.05) is 24.6 Å². The molecule has 0 unspecified atom stereocenters. The van der Waals surface area contributed by atoms with Gasteiger partial charge in [-0.2, -0.15) is 24.9 Å². The monoisotopic (exact) mass is 285 g/mol. The number of hydrogen-bond donors (Lipinski definition) is 1. The maximum atomic E-state index is 12.5. The Bertz CT molecular complexity index is 289. The first-order valence-electron chi connectivity index (χ1n) is 5.95. The molecule has 0 atom stereocenters. The standard InChI is InChI=1S/C11H18F3NO2S/c1-2-7-18-8-9(16)15-5-3-10(17,4-6-15)11(12,13)14/h17H,2-8H2,1H3. The van der Waals surface area contributed by atoms with Crippen molar-refractivity contribution < 1.29 is 23.1 Å². The zero-order valence-electron chi connectivity index (χ0n) is 10.3. The fourth-order valence-corrected chi connectivity index (χ4v) is 2.59. The van der Waals surface area contributed by atoms with Gasteiger partial charge in [0, 0.05) is 25.9 Å². The molecule has 0 spiro atoms. The molecule has 18 heavy (non-hydrogen) atoms. The van der Waals surface area contributed by atoms with E-state index in [0.717, 1.165) is 12.2 Å². The smallest absolute Gasteiger partial charge is 0.380 e. The number of rotatable bonds is 4. The summed E-state index contributed by atoms with van der Waals surface area (Å²) in [6, 6.07) is 0. The Hall–Kier alpha value is -0.430. The topological polar surface area (TPSA) is 40.5 Å². The third-order valence-corrected chi connectivity index (χ3v) is 4.19. The van der Waals surface area contributed by atoms with Crippen LogP contribution in [-0.4, -0.2) is 52.3 Å². The number of piperidine rings is 1. The second-order valence-electron chi connectivity index (χ2n) is 4.46. The van der Waals surface area contributed by atoms with Crippen molar-refractivity contribution in [3.05, 3.63) is 0 Å². The third-order valence-electron chi connectivity index (χ3n) is 3.04. The molecule has 7 heteroatoms. The van der Waals surface area contributed by atoms with Crippen molar-refractivity contribution in [3.63, 3.8) is 0 Å². The molecule has 1 amide bonds. The molecule has 1 saturated heterocycles. The van der Waals surface area contributed by atoms with Crippen LogP contribution in [0.4, 0.5) is 13.2 Å². The number of halogens is 3. The summed E-state index contributed by atoms with van der Waals surface area (Å²) in [6.07, 6.45) is -4.51. The molecule has 1 fully saturated rings. The number of thioether (sulfide) groups is 1. The Morgan fingerprint density at radius 1 is 1.39 bits per heavy atom. The fraction of sp³-hybridized carbons (Fsp3) is 0.909. The van der Waals surface area contributed by atoms with Gasteiger partial charge in [-0.15, -0.1) is 0 Å². The lowest BCUT2D eigenvalue weighted by Gasteiger charge is -2.39. The highest BCUT2D eigenvalue weighted by atomic mass is 32.2. The van der Waals surface area contributed by atoms with E-state index in [4.69, 9.17) is 0 Å². The highest BCUT2D eigenvalue weighted by Crippen LogP contribution is 2.38. The van der Waals surface area contributed by atoms with Crippen LogP contribution in [-0.2, 0) is 4.79 Å². The molecule has 0 aliphatic carbocycles. The Morgan fingerprint density at radius 3 is 2.39 bits per heavy atom. The molecule has 0 bridgehead atoms. The van der Waals surface area contributed by atoms with E-state index < -0.39 is 24.6 Å². The van der Waals surface area contributed by atoms with Crippen LogP contribution in [0, 0.1) is 0 Å². The zero-order chi connectivity index (χ0) is 13.8. The predicted octanol–water partition coefficient (Wildman–Crippen LogP) is 2.05. The minimum atomic E-state index is -4.61. The van der Waals surface area contributed by atoms with Crippen molar-refractivity contribution in [2.45, 2.75) is 38.0 Å². The number of amides is 1. The molecule has 1 rings (SSSR count). The largest absolute Gasteiger partial charge is 0.417 e. The van der Waals surface area contributed by atoms with E-state index in [0.29, 0.717) is 5.75 Å². The Morgan fingerprint density at radius 2 is 1.94 bits per heavy atom. The molecule has 0 aromatic carbocycles. The van der Waals surface area contributed by atoms with Crippen LogP contribution < -0.4 is 0 Å². The molecule has 3 nitrogen and oxygen atoms in total. The maximum absolute atomic E-state index is 12.5. The molecular weight excluding hydrogens is 267 g/mol. The number of aliphatic hydroxyl groups is 1. The van der Waals surface area contributed by atoms with E-state index in [1.54, 1.807) is 0 Å². The van der Waals surface area contributed by atoms with Crippen LogP contribution in [0.2, 0.25) is 0 Å². The quantitative estimate of drug-likeness (QED) is 0.804. The minimum absolute atomic E-state index is 0.0263. The lowest BCUT2D eigenvalue weighted by Crippen LogP contribution is -2.54. The van der Waals surface area contributed by atoms with Crippen molar-refractivity contribution in [2.24, 2.45) is 0 Å². The highest BCUT2D eigenvalue weighted by molar-refractivity contribution is 7.99. The molecular formula is C11H18F3NO2S. The van der Waals surface area contributed by atoms with E-state index >= 15 is 0 Å². The number of nitrogens with zero attached hydrogens (tertiary/aromatic N) is 1. The van der Waals surface area contributed by atoms with Crippen LogP contribution in [0.15, 0.2) is 0 Å². The molecule has 0 aromatic rings. The molecule has 0 saturated carbocycles. The first-order chi connectivity index (χ1) is 8.30. The number of likely N-dealkylation sites (tertiary alicyclic amines) is 1. The Kier molecular flexibility index (Phi) is 5.33. The van der Waals surface area contributed by atoms with Gasteiger partial charge in [0.25, 0.3) is 0 Å². The van der Waals surface area contributed by atoms with Crippen LogP contribution in [0.1, 0.15) is 26.2 Å². The first-order valence-corrected chi connectivity index (χ1v) is 7.10. The summed E-state index contributed by atoms with van der Waals surface area (Å²) in [5.74, 6) is 1.03. The summed E-state index contributed by atoms with van der Waals surface area (Å²) < 4.78 is 37.6. The van der Waals surface area contributed by atoms with E-state index in [9.17, 15) is 23.1 Å². The molecule has 1 aliphatic heterocycles. The number of carbonyl (C=O) groups is 1. The van der Waals surface area contributed by atoms with E-state index in [-0.39, 0.29) is 19.0 Å². The maximum Gasteiger partial charge on any atom is 0.417 e. The van der Waals surface area contributed by atoms with E-state index in [1.165, 1.54) is 16.7 Å². The molecule has 1 aliphatic rings. The number of carbonyl (C=O) groups excluding carboxylic acids is 1. The minimum Gasteiger partial charge on any atom is -0.380 e. The van der Waals surface area contributed by atoms with Gasteiger partial charge in [0.2, 0.25) is 5.91 Å². The average Bonchev–Trinajstić information content (AvgIpc) is 2.28. The van der Waals surface area contributed by atoms with Crippen LogP contribution in [0.25, 0.3) is 0 Å². The second-order valence-corrected chi connectivity index (χ2v) is 5.57. The average molecular weight is 285 g/mol. The van der Waals surface area contributed by atoms with Crippen molar-refractivity contribution in [1.82, 2.24) is 4.90 Å². The summed E-state index contributed by atoms with van der Waals surface area (Å²) in [6.45, 7) is 1.95. The number of alkyl halides is 3. The number of hydrogen-bond acceptors (Lipinski definition) is 3. The van der Waals surface area contributed by atoms with Gasteiger partial charge in [-0.05, 0) is 12.2 Å². The molecule has 1 N–H and O–H groups in total. The van der Waals surface area contributed by atoms with E-state index in [1.807, 2.05) is 6.92 Å². The Labute approximate surface area is 109 Å². The van der Waals surface area contributed by atoms with Gasteiger partial charge in [-0.1, -0.05) is 6.92 Å². The van der Waals surface area contributed by atoms with Gasteiger partial charge in [0.05, 0.1) is 5.75 Å². The van der Waals surface area contributed by atoms with Gasteiger partial charge < -0.3 is 10.0 Å². The lowest BCUT2D eigenvalue weighted by atomic mass is 9.91. The van der Waals surface area contributed by atoms with Crippen LogP contribution in [0.3, 0.4) is 0 Å². The van der Waals surface area contributed by atoms with Crippen molar-refractivity contribution >= 4 is 17.7 Å². The predicted molar refractivity (Wildman–Crippen MR) is 64.4 cm³/mol. The summed E-state index contributed by atoms with van der Waals surface area (Å²) in [5, 5.41) is 9.45. The van der Waals surface area contributed by atoms with Crippen LogP contribution >= 0.6 is 11.8 Å². The van der Waals surface area contributed by atoms with Gasteiger partial charge in [0.1, 0.15) is 0 Å². The fourth-order valence-electron chi connectivity index (χ4n) is 1.80. The van der Waals surface area contributed by atoms with Gasteiger partial charge >= 0.3 is 6.18 Å². The SMILES string of the molecule is CCCSCC(=O)N1CCC(O)(C(F)(F)F)CC1. The molecule has 1 heterocycles. The zero-order valence-corrected chi connectivity index (χ0v) is 11.1. The first kappa shape index (κ1) is 15.6. The van der Waals surface area contributed by atoms with E-state index in [2.05, 4.69) is 0 Å². The van der Waals surface area contributed by atoms with Crippen LogP contribution in [0.5, 0.6) is 0 Å². The summed E-state index contributed by atoms with van der Waals surface area (Å²) in [7, 11) is 0. The van der Waals surface area contributed by atoms with Gasteiger partial charge in [-0.3, -0.25) is 4.79 Å². The summed E-state index contributed by atoms with van der Waals surface area (Å²) in [5.41, 5.74) is -2.62. The highest BCUT2D eigenvalue weighted by Gasteiger charge is 2.54. The molecule has 106 valence electrons. The molecule has 0 radical (unpaired) electrons. The van der Waals surface area contributed by atoms with Gasteiger partial charge in [0.15, 0.2) is 5.60 Å². The van der Waals surface area contributed by atoms with Crippen molar-refractivity contribution in [3.8, 4) is 0 Å². The van der Waals surface area contributed by atoms with Crippen molar-refractivity contribution in [1.29, 1.82) is 0 Å². The third kappa shape index (κ3) is 3.78. The van der Waals surface area contributed by atoms with Gasteiger partial charge in [-0.25, -0.2) is 0 Å².